The Labute approximate surface area is 184 Å². The molecule has 0 radical (unpaired) electrons. The van der Waals surface area contributed by atoms with Crippen LogP contribution in [0.5, 0.6) is 5.75 Å². The molecule has 5 nitrogen and oxygen atoms in total. The Balaban J connectivity index is 1.59. The lowest BCUT2D eigenvalue weighted by Crippen LogP contribution is -2.21. The zero-order valence-corrected chi connectivity index (χ0v) is 17.7. The number of nitrogens with one attached hydrogen (secondary N) is 1. The predicted octanol–water partition coefficient (Wildman–Crippen LogP) is 5.68. The van der Waals surface area contributed by atoms with E-state index >= 15 is 0 Å². The number of carbonyl (C=O) groups excluding carboxylic acids is 2. The maximum Gasteiger partial charge on any atom is 0.342 e. The first-order chi connectivity index (χ1) is 14.4. The quantitative estimate of drug-likeness (QED) is 0.477. The van der Waals surface area contributed by atoms with E-state index in [4.69, 9.17) is 32.7 Å². The van der Waals surface area contributed by atoms with Crippen molar-refractivity contribution in [3.63, 3.8) is 0 Å². The molecule has 0 fully saturated rings. The Morgan fingerprint density at radius 2 is 1.63 bits per heavy atom. The zero-order chi connectivity index (χ0) is 21.5. The van der Waals surface area contributed by atoms with Crippen LogP contribution in [0, 0.1) is 6.92 Å². The Morgan fingerprint density at radius 1 is 0.933 bits per heavy atom. The first kappa shape index (κ1) is 21.7. The Hall–Kier alpha value is -3.02. The van der Waals surface area contributed by atoms with Gasteiger partial charge in [0, 0.05) is 15.7 Å². The number of amides is 1. The third-order valence-electron chi connectivity index (χ3n) is 4.22. The van der Waals surface area contributed by atoms with E-state index in [1.807, 2.05) is 19.1 Å². The van der Waals surface area contributed by atoms with Gasteiger partial charge in [-0.1, -0.05) is 53.5 Å². The van der Waals surface area contributed by atoms with Crippen LogP contribution in [0.1, 0.15) is 21.5 Å². The Kier molecular flexibility index (Phi) is 7.33. The second-order valence-corrected chi connectivity index (χ2v) is 7.37. The first-order valence-corrected chi connectivity index (χ1v) is 9.87. The second kappa shape index (κ2) is 10.1. The van der Waals surface area contributed by atoms with Crippen molar-refractivity contribution in [1.29, 1.82) is 0 Å². The lowest BCUT2D eigenvalue weighted by Gasteiger charge is -2.12. The van der Waals surface area contributed by atoms with Gasteiger partial charge in [-0.2, -0.15) is 0 Å². The van der Waals surface area contributed by atoms with Crippen LogP contribution < -0.4 is 10.1 Å². The van der Waals surface area contributed by atoms with Gasteiger partial charge in [0.2, 0.25) is 0 Å². The molecule has 0 unspecified atom stereocenters. The normalized spacial score (nSPS) is 10.4. The fourth-order valence-electron chi connectivity index (χ4n) is 2.63. The SMILES string of the molecule is Cc1ccc(Cl)cc1NC(=O)COC(=O)c1ccccc1OCc1ccc(Cl)cc1. The molecule has 0 bridgehead atoms. The summed E-state index contributed by atoms with van der Waals surface area (Å²) in [7, 11) is 0. The molecule has 0 aliphatic rings. The van der Waals surface area contributed by atoms with Crippen molar-refractivity contribution in [3.05, 3.63) is 93.5 Å². The van der Waals surface area contributed by atoms with Crippen LogP contribution in [0.15, 0.2) is 66.7 Å². The third-order valence-corrected chi connectivity index (χ3v) is 4.71. The van der Waals surface area contributed by atoms with Gasteiger partial charge >= 0.3 is 5.97 Å². The maximum absolute atomic E-state index is 12.5. The number of anilines is 1. The minimum atomic E-state index is -0.653. The molecule has 3 aromatic rings. The summed E-state index contributed by atoms with van der Waals surface area (Å²) < 4.78 is 10.9. The molecule has 30 heavy (non-hydrogen) atoms. The van der Waals surface area contributed by atoms with Gasteiger partial charge < -0.3 is 14.8 Å². The van der Waals surface area contributed by atoms with Crippen LogP contribution >= 0.6 is 23.2 Å². The summed E-state index contributed by atoms with van der Waals surface area (Å²) in [6.45, 7) is 1.67. The third kappa shape index (κ3) is 5.99. The lowest BCUT2D eigenvalue weighted by atomic mass is 10.2. The number of benzene rings is 3. The molecule has 0 atom stereocenters. The van der Waals surface area contributed by atoms with Gasteiger partial charge in [0.25, 0.3) is 5.91 Å². The van der Waals surface area contributed by atoms with E-state index in [2.05, 4.69) is 5.32 Å². The summed E-state index contributed by atoms with van der Waals surface area (Å²) in [6, 6.07) is 19.1. The Bertz CT molecular complexity index is 1050. The van der Waals surface area contributed by atoms with Gasteiger partial charge in [0.15, 0.2) is 6.61 Å². The zero-order valence-electron chi connectivity index (χ0n) is 16.2. The van der Waals surface area contributed by atoms with Gasteiger partial charge in [-0.25, -0.2) is 4.79 Å². The highest BCUT2D eigenvalue weighted by molar-refractivity contribution is 6.31. The predicted molar refractivity (Wildman–Crippen MR) is 117 cm³/mol. The van der Waals surface area contributed by atoms with Crippen molar-refractivity contribution in [1.82, 2.24) is 0 Å². The standard InChI is InChI=1S/C23H19Cl2NO4/c1-15-6-9-18(25)12-20(15)26-22(27)14-30-23(28)19-4-2-3-5-21(19)29-13-16-7-10-17(24)11-8-16/h2-12H,13-14H2,1H3,(H,26,27). The molecule has 0 aliphatic carbocycles. The summed E-state index contributed by atoms with van der Waals surface area (Å²) in [5, 5.41) is 3.81. The molecule has 0 aromatic heterocycles. The van der Waals surface area contributed by atoms with Gasteiger partial charge in [-0.3, -0.25) is 4.79 Å². The number of rotatable bonds is 7. The number of aryl methyl sites for hydroxylation is 1. The molecule has 0 saturated heterocycles. The van der Waals surface area contributed by atoms with Crippen LogP contribution in [0.3, 0.4) is 0 Å². The molecule has 3 rings (SSSR count). The van der Waals surface area contributed by atoms with Gasteiger partial charge in [0.1, 0.15) is 17.9 Å². The highest BCUT2D eigenvalue weighted by atomic mass is 35.5. The minimum absolute atomic E-state index is 0.234. The molecule has 0 aliphatic heterocycles. The number of carbonyl (C=O) groups is 2. The van der Waals surface area contributed by atoms with Crippen molar-refractivity contribution in [3.8, 4) is 5.75 Å². The number of esters is 1. The summed E-state index contributed by atoms with van der Waals surface area (Å²) in [4.78, 5) is 24.6. The molecule has 3 aromatic carbocycles. The van der Waals surface area contributed by atoms with E-state index in [-0.39, 0.29) is 12.2 Å². The highest BCUT2D eigenvalue weighted by Crippen LogP contribution is 2.22. The molecular formula is C23H19Cl2NO4. The van der Waals surface area contributed by atoms with Crippen LogP contribution in [0.25, 0.3) is 0 Å². The van der Waals surface area contributed by atoms with Crippen molar-refractivity contribution in [2.75, 3.05) is 11.9 Å². The first-order valence-electron chi connectivity index (χ1n) is 9.12. The molecule has 1 amide bonds. The molecule has 0 spiro atoms. The monoisotopic (exact) mass is 443 g/mol. The lowest BCUT2D eigenvalue weighted by molar-refractivity contribution is -0.119. The molecule has 154 valence electrons. The fraction of sp³-hybridized carbons (Fsp3) is 0.130. The van der Waals surface area contributed by atoms with Gasteiger partial charge in [0.05, 0.1) is 0 Å². The summed E-state index contributed by atoms with van der Waals surface area (Å²) in [5.74, 6) is -0.753. The smallest absolute Gasteiger partial charge is 0.342 e. The summed E-state index contributed by atoms with van der Waals surface area (Å²) in [6.07, 6.45) is 0. The van der Waals surface area contributed by atoms with E-state index in [0.717, 1.165) is 11.1 Å². The summed E-state index contributed by atoms with van der Waals surface area (Å²) >= 11 is 11.8. The molecule has 1 N–H and O–H groups in total. The van der Waals surface area contributed by atoms with E-state index in [1.165, 1.54) is 0 Å². The number of hydrogen-bond donors (Lipinski definition) is 1. The van der Waals surface area contributed by atoms with Crippen LogP contribution in [0.4, 0.5) is 5.69 Å². The number of para-hydroxylation sites is 1. The number of hydrogen-bond acceptors (Lipinski definition) is 4. The highest BCUT2D eigenvalue weighted by Gasteiger charge is 2.16. The fourth-order valence-corrected chi connectivity index (χ4v) is 2.92. The van der Waals surface area contributed by atoms with E-state index < -0.39 is 18.5 Å². The van der Waals surface area contributed by atoms with E-state index in [1.54, 1.807) is 54.6 Å². The molecular weight excluding hydrogens is 425 g/mol. The summed E-state index contributed by atoms with van der Waals surface area (Å²) in [5.41, 5.74) is 2.55. The number of ether oxygens (including phenoxy) is 2. The van der Waals surface area contributed by atoms with Gasteiger partial charge in [-0.05, 0) is 54.4 Å². The molecule has 0 heterocycles. The molecule has 0 saturated carbocycles. The van der Waals surface area contributed by atoms with Crippen molar-refractivity contribution in [2.45, 2.75) is 13.5 Å². The topological polar surface area (TPSA) is 64.6 Å². The molecule has 7 heteroatoms. The number of halogens is 2. The Morgan fingerprint density at radius 3 is 2.40 bits per heavy atom. The average Bonchev–Trinajstić information content (AvgIpc) is 2.74. The largest absolute Gasteiger partial charge is 0.488 e. The van der Waals surface area contributed by atoms with Crippen molar-refractivity contribution < 1.29 is 19.1 Å². The van der Waals surface area contributed by atoms with E-state index in [9.17, 15) is 9.59 Å². The van der Waals surface area contributed by atoms with Crippen LogP contribution in [-0.2, 0) is 16.1 Å². The van der Waals surface area contributed by atoms with Crippen LogP contribution in [-0.4, -0.2) is 18.5 Å². The van der Waals surface area contributed by atoms with Crippen molar-refractivity contribution >= 4 is 40.8 Å². The average molecular weight is 444 g/mol. The minimum Gasteiger partial charge on any atom is -0.488 e. The van der Waals surface area contributed by atoms with Crippen LogP contribution in [0.2, 0.25) is 10.0 Å². The maximum atomic E-state index is 12.5. The van der Waals surface area contributed by atoms with Gasteiger partial charge in [-0.15, -0.1) is 0 Å². The van der Waals surface area contributed by atoms with Crippen molar-refractivity contribution in [2.24, 2.45) is 0 Å². The van der Waals surface area contributed by atoms with E-state index in [0.29, 0.717) is 21.5 Å². The second-order valence-electron chi connectivity index (χ2n) is 6.49.